The number of nitrogens with zero attached hydrogens (tertiary/aromatic N) is 3. The minimum Gasteiger partial charge on any atom is -0.504 e. The summed E-state index contributed by atoms with van der Waals surface area (Å²) in [6.45, 7) is 2.93. The summed E-state index contributed by atoms with van der Waals surface area (Å²) < 4.78 is 18.6. The molecule has 2 aromatic carbocycles. The van der Waals surface area contributed by atoms with Gasteiger partial charge in [-0.3, -0.25) is 9.59 Å². The lowest BCUT2D eigenvalue weighted by atomic mass is 9.94. The lowest BCUT2D eigenvalue weighted by Gasteiger charge is -2.27. The fraction of sp³-hybridized carbons (Fsp3) is 0.250. The molecule has 0 bridgehead atoms. The second-order valence-corrected chi connectivity index (χ2v) is 8.80. The highest BCUT2D eigenvalue weighted by atomic mass is 16.5. The van der Waals surface area contributed by atoms with Crippen LogP contribution >= 0.6 is 0 Å². The van der Waals surface area contributed by atoms with Crippen LogP contribution in [0.2, 0.25) is 0 Å². The quantitative estimate of drug-likeness (QED) is 0.296. The van der Waals surface area contributed by atoms with Crippen LogP contribution in [0.25, 0.3) is 11.0 Å². The molecule has 1 atom stereocenters. The number of aliphatic hydroxyl groups is 1. The Kier molecular flexibility index (Phi) is 6.78. The molecule has 2 N–H and O–H groups in total. The van der Waals surface area contributed by atoms with Gasteiger partial charge in [-0.05, 0) is 43.2 Å². The van der Waals surface area contributed by atoms with Gasteiger partial charge in [-0.2, -0.15) is 0 Å². The minimum atomic E-state index is -0.923. The number of aliphatic hydroxyl groups excluding tert-OH is 1. The van der Waals surface area contributed by atoms with E-state index in [4.69, 9.17) is 13.9 Å². The number of ether oxygens (including phenoxy) is 2. The molecule has 2 aromatic heterocycles. The van der Waals surface area contributed by atoms with Crippen LogP contribution in [-0.2, 0) is 11.3 Å². The van der Waals surface area contributed by atoms with Gasteiger partial charge in [0, 0.05) is 30.9 Å². The third-order valence-corrected chi connectivity index (χ3v) is 6.47. The number of phenolic OH excluding ortho intramolecular Hbond substituents is 1. The highest BCUT2D eigenvalue weighted by molar-refractivity contribution is 6.16. The number of hydrogen-bond acceptors (Lipinski definition) is 8. The van der Waals surface area contributed by atoms with Crippen molar-refractivity contribution in [3.63, 3.8) is 0 Å². The number of fused-ring (bicyclic) bond motifs is 1. The van der Waals surface area contributed by atoms with Crippen LogP contribution in [0.1, 0.15) is 35.5 Å². The van der Waals surface area contributed by atoms with Gasteiger partial charge in [0.15, 0.2) is 34.4 Å². The molecule has 38 heavy (non-hydrogen) atoms. The zero-order valence-corrected chi connectivity index (χ0v) is 21.0. The highest BCUT2D eigenvalue weighted by Crippen LogP contribution is 2.42. The number of aryl methyl sites for hydroxylation is 1. The summed E-state index contributed by atoms with van der Waals surface area (Å²) in [5, 5.41) is 21.9. The topological polar surface area (TPSA) is 127 Å². The van der Waals surface area contributed by atoms with Crippen LogP contribution in [0.4, 0.5) is 0 Å². The number of imidazole rings is 1. The van der Waals surface area contributed by atoms with Crippen LogP contribution in [-0.4, -0.2) is 56.6 Å². The normalized spacial score (nSPS) is 15.5. The smallest absolute Gasteiger partial charge is 0.290 e. The lowest BCUT2D eigenvalue weighted by Crippen LogP contribution is -2.32. The first-order chi connectivity index (χ1) is 18.4. The molecule has 1 aliphatic heterocycles. The molecule has 0 spiro atoms. The number of benzene rings is 2. The van der Waals surface area contributed by atoms with Crippen LogP contribution in [0.15, 0.2) is 76.9 Å². The van der Waals surface area contributed by atoms with Gasteiger partial charge in [-0.1, -0.05) is 18.2 Å². The van der Waals surface area contributed by atoms with Crippen LogP contribution in [0.3, 0.4) is 0 Å². The number of Topliss-reactive ketones (excluding diaryl/α,β-unsaturated/α-hetero) is 1. The van der Waals surface area contributed by atoms with Gasteiger partial charge in [0.05, 0.1) is 31.7 Å². The zero-order chi connectivity index (χ0) is 26.8. The van der Waals surface area contributed by atoms with E-state index in [2.05, 4.69) is 4.98 Å². The van der Waals surface area contributed by atoms with E-state index in [0.29, 0.717) is 41.9 Å². The van der Waals surface area contributed by atoms with E-state index in [0.717, 1.165) is 0 Å². The number of aromatic hydroxyl groups is 1. The summed E-state index contributed by atoms with van der Waals surface area (Å²) >= 11 is 0. The monoisotopic (exact) mass is 517 g/mol. The maximum absolute atomic E-state index is 13.8. The summed E-state index contributed by atoms with van der Waals surface area (Å²) in [6.07, 6.45) is 5.71. The van der Waals surface area contributed by atoms with Crippen molar-refractivity contribution in [2.45, 2.75) is 25.9 Å². The Labute approximate surface area is 218 Å². The largest absolute Gasteiger partial charge is 0.504 e. The zero-order valence-electron chi connectivity index (χ0n) is 21.0. The third kappa shape index (κ3) is 4.45. The van der Waals surface area contributed by atoms with Gasteiger partial charge >= 0.3 is 0 Å². The van der Waals surface area contributed by atoms with E-state index >= 15 is 0 Å². The molecule has 10 nitrogen and oxygen atoms in total. The predicted octanol–water partition coefficient (Wildman–Crippen LogP) is 4.41. The number of hydrogen-bond donors (Lipinski definition) is 2. The summed E-state index contributed by atoms with van der Waals surface area (Å²) in [5.41, 5.74) is 0.784. The van der Waals surface area contributed by atoms with E-state index in [9.17, 15) is 19.8 Å². The van der Waals surface area contributed by atoms with Gasteiger partial charge in [-0.25, -0.2) is 4.98 Å². The van der Waals surface area contributed by atoms with Crippen molar-refractivity contribution in [1.82, 2.24) is 14.5 Å². The van der Waals surface area contributed by atoms with Gasteiger partial charge in [-0.15, -0.1) is 0 Å². The standard InChI is InChI=1S/C28H27N3O7/c1-3-37-21-14-17(8-9-19(21)32)24-23(25(33)22-15-18-6-4-7-20(36-2)27(18)38-22)26(34)28(35)31(24)12-5-11-30-13-10-29-16-30/h4,6-10,13-16,24,32,34H,3,5,11-12H2,1-2H3. The maximum Gasteiger partial charge on any atom is 0.290 e. The van der Waals surface area contributed by atoms with Crippen LogP contribution in [0.5, 0.6) is 17.2 Å². The van der Waals surface area contributed by atoms with E-state index in [1.54, 1.807) is 55.8 Å². The molecule has 196 valence electrons. The Morgan fingerprint density at radius 2 is 1.97 bits per heavy atom. The van der Waals surface area contributed by atoms with Gasteiger partial charge < -0.3 is 33.6 Å². The molecule has 3 heterocycles. The molecule has 1 unspecified atom stereocenters. The minimum absolute atomic E-state index is 0.0343. The number of amides is 1. The Bertz CT molecular complexity index is 1520. The first kappa shape index (κ1) is 24.9. The predicted molar refractivity (Wildman–Crippen MR) is 137 cm³/mol. The van der Waals surface area contributed by atoms with Crippen molar-refractivity contribution in [2.24, 2.45) is 0 Å². The van der Waals surface area contributed by atoms with E-state index in [1.807, 2.05) is 10.8 Å². The average Bonchev–Trinajstić information content (AvgIpc) is 3.65. The van der Waals surface area contributed by atoms with E-state index in [-0.39, 0.29) is 29.4 Å². The maximum atomic E-state index is 13.8. The average molecular weight is 518 g/mol. The fourth-order valence-electron chi connectivity index (χ4n) is 4.72. The van der Waals surface area contributed by atoms with Gasteiger partial charge in [0.25, 0.3) is 5.91 Å². The molecule has 0 aliphatic carbocycles. The molecule has 1 aliphatic rings. The van der Waals surface area contributed by atoms with Crippen molar-refractivity contribution in [1.29, 1.82) is 0 Å². The van der Waals surface area contributed by atoms with Crippen molar-refractivity contribution < 1.29 is 33.7 Å². The summed E-state index contributed by atoms with van der Waals surface area (Å²) in [5.74, 6) is -1.36. The number of para-hydroxylation sites is 1. The Morgan fingerprint density at radius 3 is 2.71 bits per heavy atom. The molecule has 0 saturated carbocycles. The lowest BCUT2D eigenvalue weighted by molar-refractivity contribution is -0.129. The molecule has 4 aromatic rings. The molecule has 0 saturated heterocycles. The SMILES string of the molecule is CCOc1cc(C2C(C(=O)c3cc4cccc(OC)c4o3)=C(O)C(=O)N2CCCn2ccnc2)ccc1O. The molecule has 0 radical (unpaired) electrons. The van der Waals surface area contributed by atoms with Crippen molar-refractivity contribution >= 4 is 22.7 Å². The molecule has 1 amide bonds. The number of rotatable bonds is 10. The number of furan rings is 1. The molecular weight excluding hydrogens is 490 g/mol. The highest BCUT2D eigenvalue weighted by Gasteiger charge is 2.44. The molecule has 5 rings (SSSR count). The Morgan fingerprint density at radius 1 is 1.13 bits per heavy atom. The number of phenols is 1. The number of ketones is 1. The number of aromatic nitrogens is 2. The summed E-state index contributed by atoms with van der Waals surface area (Å²) in [7, 11) is 1.50. The second kappa shape index (κ2) is 10.3. The molecular formula is C28H27N3O7. The number of methoxy groups -OCH3 is 1. The van der Waals surface area contributed by atoms with Gasteiger partial charge in [0.2, 0.25) is 5.78 Å². The van der Waals surface area contributed by atoms with Crippen molar-refractivity contribution in [3.8, 4) is 17.2 Å². The second-order valence-electron chi connectivity index (χ2n) is 8.80. The first-order valence-electron chi connectivity index (χ1n) is 12.2. The summed E-state index contributed by atoms with van der Waals surface area (Å²) in [6, 6.07) is 10.5. The Balaban J connectivity index is 1.54. The number of carbonyl (C=O) groups is 2. The molecule has 0 fully saturated rings. The van der Waals surface area contributed by atoms with E-state index < -0.39 is 23.5 Å². The Hall–Kier alpha value is -4.73. The molecule has 10 heteroatoms. The number of carbonyl (C=O) groups excluding carboxylic acids is 2. The third-order valence-electron chi connectivity index (χ3n) is 6.47. The van der Waals surface area contributed by atoms with Crippen LogP contribution in [0, 0.1) is 0 Å². The first-order valence-corrected chi connectivity index (χ1v) is 12.2. The van der Waals surface area contributed by atoms with Crippen molar-refractivity contribution in [3.05, 3.63) is 83.8 Å². The van der Waals surface area contributed by atoms with Crippen molar-refractivity contribution in [2.75, 3.05) is 20.3 Å². The van der Waals surface area contributed by atoms with E-state index in [1.165, 1.54) is 18.1 Å². The van der Waals surface area contributed by atoms with Gasteiger partial charge in [0.1, 0.15) is 0 Å². The summed E-state index contributed by atoms with van der Waals surface area (Å²) in [4.78, 5) is 32.6. The fourth-order valence-corrected chi connectivity index (χ4v) is 4.72. The van der Waals surface area contributed by atoms with Crippen LogP contribution < -0.4 is 9.47 Å².